The zero-order chi connectivity index (χ0) is 13.9. The molecule has 1 rings (SSSR count). The Hall–Kier alpha value is -1.36. The van der Waals surface area contributed by atoms with Gasteiger partial charge in [0.25, 0.3) is 5.91 Å². The number of nitrogens with one attached hydrogen (secondary N) is 1. The van der Waals surface area contributed by atoms with Crippen LogP contribution in [0.25, 0.3) is 0 Å². The van der Waals surface area contributed by atoms with Crippen LogP contribution in [0.3, 0.4) is 0 Å². The molecule has 0 aliphatic heterocycles. The molecule has 0 saturated heterocycles. The van der Waals surface area contributed by atoms with Crippen LogP contribution in [0.1, 0.15) is 31.1 Å². The second-order valence-electron chi connectivity index (χ2n) is 5.12. The average molecular weight is 314 g/mol. The summed E-state index contributed by atoms with van der Waals surface area (Å²) in [5.74, 6) is -1.43. The molecule has 0 aromatic heterocycles. The highest BCUT2D eigenvalue weighted by Gasteiger charge is 2.32. The quantitative estimate of drug-likeness (QED) is 0.901. The fourth-order valence-electron chi connectivity index (χ4n) is 1.49. The highest BCUT2D eigenvalue weighted by molar-refractivity contribution is 9.10. The average Bonchev–Trinajstić information content (AvgIpc) is 2.23. The second-order valence-corrected chi connectivity index (χ2v) is 6.04. The van der Waals surface area contributed by atoms with Crippen molar-refractivity contribution in [3.63, 3.8) is 0 Å². The van der Waals surface area contributed by atoms with Gasteiger partial charge in [0.15, 0.2) is 0 Å². The van der Waals surface area contributed by atoms with Gasteiger partial charge in [0.1, 0.15) is 6.04 Å². The Kier molecular flexibility index (Phi) is 4.51. The fraction of sp³-hybridized carbons (Fsp3) is 0.385. The predicted molar refractivity (Wildman–Crippen MR) is 72.5 cm³/mol. The summed E-state index contributed by atoms with van der Waals surface area (Å²) in [6, 6.07) is 5.89. The maximum atomic E-state index is 12.0. The summed E-state index contributed by atoms with van der Waals surface area (Å²) in [7, 11) is 0. The van der Waals surface area contributed by atoms with Crippen LogP contribution in [0.15, 0.2) is 28.7 Å². The van der Waals surface area contributed by atoms with Gasteiger partial charge >= 0.3 is 5.97 Å². The first kappa shape index (κ1) is 14.7. The molecule has 98 valence electrons. The first-order valence-electron chi connectivity index (χ1n) is 5.51. The van der Waals surface area contributed by atoms with Crippen LogP contribution in [0, 0.1) is 5.41 Å². The molecule has 2 N–H and O–H groups in total. The van der Waals surface area contributed by atoms with E-state index in [0.29, 0.717) is 5.56 Å². The number of carbonyl (C=O) groups excluding carboxylic acids is 1. The van der Waals surface area contributed by atoms with E-state index in [4.69, 9.17) is 5.11 Å². The van der Waals surface area contributed by atoms with Crippen LogP contribution >= 0.6 is 15.9 Å². The highest BCUT2D eigenvalue weighted by Crippen LogP contribution is 2.20. The lowest BCUT2D eigenvalue weighted by molar-refractivity contribution is -0.142. The molecule has 4 nitrogen and oxygen atoms in total. The molecule has 0 saturated carbocycles. The van der Waals surface area contributed by atoms with E-state index in [1.165, 1.54) is 0 Å². The van der Waals surface area contributed by atoms with Crippen molar-refractivity contribution in [2.75, 3.05) is 0 Å². The van der Waals surface area contributed by atoms with Crippen molar-refractivity contribution in [1.29, 1.82) is 0 Å². The Morgan fingerprint density at radius 2 is 1.94 bits per heavy atom. The second kappa shape index (κ2) is 5.52. The van der Waals surface area contributed by atoms with Crippen LogP contribution in [-0.4, -0.2) is 23.0 Å². The van der Waals surface area contributed by atoms with Crippen molar-refractivity contribution in [3.05, 3.63) is 34.3 Å². The molecular formula is C13H16BrNO3. The van der Waals surface area contributed by atoms with Gasteiger partial charge in [-0.2, -0.15) is 0 Å². The number of benzene rings is 1. The highest BCUT2D eigenvalue weighted by atomic mass is 79.9. The van der Waals surface area contributed by atoms with Gasteiger partial charge in [0, 0.05) is 10.0 Å². The lowest BCUT2D eigenvalue weighted by Gasteiger charge is -2.27. The van der Waals surface area contributed by atoms with Gasteiger partial charge in [-0.25, -0.2) is 4.79 Å². The van der Waals surface area contributed by atoms with Crippen LogP contribution in [0.5, 0.6) is 0 Å². The summed E-state index contributed by atoms with van der Waals surface area (Å²) in [6.45, 7) is 5.31. The Labute approximate surface area is 115 Å². The fourth-order valence-corrected chi connectivity index (χ4v) is 1.89. The summed E-state index contributed by atoms with van der Waals surface area (Å²) in [5, 5.41) is 11.7. The molecule has 1 aromatic rings. The van der Waals surface area contributed by atoms with Crippen molar-refractivity contribution in [1.82, 2.24) is 5.32 Å². The third kappa shape index (κ3) is 3.84. The van der Waals surface area contributed by atoms with Gasteiger partial charge in [-0.05, 0) is 23.6 Å². The third-order valence-electron chi connectivity index (χ3n) is 2.48. The molecule has 0 aliphatic rings. The van der Waals surface area contributed by atoms with Crippen LogP contribution in [-0.2, 0) is 4.79 Å². The topological polar surface area (TPSA) is 66.4 Å². The Morgan fingerprint density at radius 1 is 1.33 bits per heavy atom. The number of aliphatic carboxylic acids is 1. The summed E-state index contributed by atoms with van der Waals surface area (Å²) in [5.41, 5.74) is -0.118. The molecule has 0 radical (unpaired) electrons. The van der Waals surface area contributed by atoms with Crippen LogP contribution < -0.4 is 5.32 Å². The van der Waals surface area contributed by atoms with Crippen LogP contribution in [0.4, 0.5) is 0 Å². The minimum Gasteiger partial charge on any atom is -0.480 e. The van der Waals surface area contributed by atoms with E-state index >= 15 is 0 Å². The van der Waals surface area contributed by atoms with E-state index in [1.54, 1.807) is 45.0 Å². The molecule has 0 unspecified atom stereocenters. The van der Waals surface area contributed by atoms with Gasteiger partial charge in [-0.1, -0.05) is 42.8 Å². The minimum absolute atomic E-state index is 0.390. The first-order chi connectivity index (χ1) is 8.21. The molecule has 5 heteroatoms. The minimum atomic E-state index is -1.04. The predicted octanol–water partition coefficient (Wildman–Crippen LogP) is 2.68. The number of hydrogen-bond acceptors (Lipinski definition) is 2. The van der Waals surface area contributed by atoms with Gasteiger partial charge in [0.05, 0.1) is 0 Å². The monoisotopic (exact) mass is 313 g/mol. The number of amides is 1. The summed E-state index contributed by atoms with van der Waals surface area (Å²) >= 11 is 3.27. The Morgan fingerprint density at radius 3 is 2.39 bits per heavy atom. The molecule has 1 atom stereocenters. The summed E-state index contributed by atoms with van der Waals surface area (Å²) in [6.07, 6.45) is 0. The van der Waals surface area contributed by atoms with Gasteiger partial charge in [0.2, 0.25) is 0 Å². The van der Waals surface area contributed by atoms with Gasteiger partial charge in [-0.15, -0.1) is 0 Å². The molecular weight excluding hydrogens is 298 g/mol. The van der Waals surface area contributed by atoms with E-state index in [2.05, 4.69) is 21.2 Å². The Balaban J connectivity index is 2.89. The van der Waals surface area contributed by atoms with E-state index < -0.39 is 23.3 Å². The maximum absolute atomic E-state index is 12.0. The molecule has 1 aromatic carbocycles. The van der Waals surface area contributed by atoms with Crippen molar-refractivity contribution < 1.29 is 14.7 Å². The lowest BCUT2D eigenvalue weighted by atomic mass is 9.86. The number of hydrogen-bond donors (Lipinski definition) is 2. The van der Waals surface area contributed by atoms with Gasteiger partial charge in [-0.3, -0.25) is 4.79 Å². The standard InChI is InChI=1S/C13H16BrNO3/c1-13(2,3)10(12(17)18)15-11(16)8-5-4-6-9(14)7-8/h4-7,10H,1-3H3,(H,15,16)(H,17,18)/t10-/m0/s1. The zero-order valence-corrected chi connectivity index (χ0v) is 12.1. The smallest absolute Gasteiger partial charge is 0.326 e. The number of halogens is 1. The zero-order valence-electron chi connectivity index (χ0n) is 10.5. The lowest BCUT2D eigenvalue weighted by Crippen LogP contribution is -2.49. The van der Waals surface area contributed by atoms with E-state index in [-0.39, 0.29) is 0 Å². The first-order valence-corrected chi connectivity index (χ1v) is 6.30. The molecule has 0 fully saturated rings. The number of carboxylic acids is 1. The number of rotatable bonds is 3. The molecule has 0 heterocycles. The van der Waals surface area contributed by atoms with Crippen LogP contribution in [0.2, 0.25) is 0 Å². The maximum Gasteiger partial charge on any atom is 0.326 e. The Bertz CT molecular complexity index is 466. The molecule has 1 amide bonds. The van der Waals surface area contributed by atoms with Crippen molar-refractivity contribution >= 4 is 27.8 Å². The summed E-state index contributed by atoms with van der Waals surface area (Å²) < 4.78 is 0.776. The van der Waals surface area contributed by atoms with E-state index in [1.807, 2.05) is 0 Å². The normalized spacial score (nSPS) is 12.9. The summed E-state index contributed by atoms with van der Waals surface area (Å²) in [4.78, 5) is 23.1. The third-order valence-corrected chi connectivity index (χ3v) is 2.97. The van der Waals surface area contributed by atoms with Gasteiger partial charge < -0.3 is 10.4 Å². The van der Waals surface area contributed by atoms with Crippen molar-refractivity contribution in [3.8, 4) is 0 Å². The SMILES string of the molecule is CC(C)(C)[C@@H](NC(=O)c1cccc(Br)c1)C(=O)O. The van der Waals surface area contributed by atoms with E-state index in [9.17, 15) is 9.59 Å². The van der Waals surface area contributed by atoms with Crippen molar-refractivity contribution in [2.24, 2.45) is 5.41 Å². The molecule has 18 heavy (non-hydrogen) atoms. The van der Waals surface area contributed by atoms with Crippen molar-refractivity contribution in [2.45, 2.75) is 26.8 Å². The number of carboxylic acid groups (broad SMARTS) is 1. The molecule has 0 spiro atoms. The molecule has 0 aliphatic carbocycles. The largest absolute Gasteiger partial charge is 0.480 e. The van der Waals surface area contributed by atoms with E-state index in [0.717, 1.165) is 4.47 Å². The number of carbonyl (C=O) groups is 2. The molecule has 0 bridgehead atoms.